The summed E-state index contributed by atoms with van der Waals surface area (Å²) in [7, 11) is 0. The summed E-state index contributed by atoms with van der Waals surface area (Å²) >= 11 is 3.36. The Hall–Kier alpha value is -2.47. The third-order valence-corrected chi connectivity index (χ3v) is 7.38. The molecular formula is C24H22BrNO4. The van der Waals surface area contributed by atoms with Crippen LogP contribution in [0.5, 0.6) is 5.75 Å². The maximum atomic E-state index is 13.3. The highest BCUT2D eigenvalue weighted by atomic mass is 79.9. The lowest BCUT2D eigenvalue weighted by Crippen LogP contribution is -2.49. The average molecular weight is 468 g/mol. The average Bonchev–Trinajstić information content (AvgIpc) is 3.43. The minimum Gasteiger partial charge on any atom is -0.425 e. The Morgan fingerprint density at radius 2 is 1.57 bits per heavy atom. The first kappa shape index (κ1) is 19.5. The predicted molar refractivity (Wildman–Crippen MR) is 113 cm³/mol. The van der Waals surface area contributed by atoms with E-state index in [1.807, 2.05) is 30.3 Å². The Morgan fingerprint density at radius 3 is 2.17 bits per heavy atom. The van der Waals surface area contributed by atoms with Crippen LogP contribution in [0.3, 0.4) is 0 Å². The van der Waals surface area contributed by atoms with E-state index in [2.05, 4.69) is 15.9 Å². The van der Waals surface area contributed by atoms with Gasteiger partial charge in [0.1, 0.15) is 11.8 Å². The van der Waals surface area contributed by atoms with Crippen molar-refractivity contribution in [1.29, 1.82) is 0 Å². The van der Waals surface area contributed by atoms with Gasteiger partial charge < -0.3 is 4.74 Å². The first-order chi connectivity index (χ1) is 14.5. The zero-order valence-corrected chi connectivity index (χ0v) is 18.0. The van der Waals surface area contributed by atoms with Gasteiger partial charge in [0.25, 0.3) is 0 Å². The third-order valence-electron chi connectivity index (χ3n) is 6.85. The van der Waals surface area contributed by atoms with Crippen molar-refractivity contribution < 1.29 is 19.1 Å². The molecule has 2 bridgehead atoms. The number of halogens is 1. The molecule has 5 rings (SSSR count). The Kier molecular flexibility index (Phi) is 4.97. The largest absolute Gasteiger partial charge is 0.425 e. The van der Waals surface area contributed by atoms with Gasteiger partial charge in [0.05, 0.1) is 11.8 Å². The number of hydrogen-bond donors (Lipinski definition) is 0. The molecule has 0 N–H and O–H groups in total. The number of ether oxygens (including phenoxy) is 1. The fourth-order valence-corrected chi connectivity index (χ4v) is 5.81. The summed E-state index contributed by atoms with van der Waals surface area (Å²) in [5.74, 6) is -0.514. The molecule has 1 aliphatic heterocycles. The number of amides is 2. The number of benzene rings is 2. The van der Waals surface area contributed by atoms with Crippen LogP contribution in [0.1, 0.15) is 24.8 Å². The predicted octanol–water partition coefficient (Wildman–Crippen LogP) is 4.00. The van der Waals surface area contributed by atoms with Crippen LogP contribution in [-0.4, -0.2) is 28.7 Å². The molecule has 2 aliphatic carbocycles. The number of esters is 1. The van der Waals surface area contributed by atoms with Crippen molar-refractivity contribution >= 4 is 33.7 Å². The lowest BCUT2D eigenvalue weighted by molar-refractivity contribution is -0.154. The number of imide groups is 1. The number of fused-ring (bicyclic) bond motifs is 5. The van der Waals surface area contributed by atoms with Gasteiger partial charge in [0, 0.05) is 10.9 Å². The van der Waals surface area contributed by atoms with Crippen LogP contribution in [0.25, 0.3) is 0 Å². The van der Waals surface area contributed by atoms with E-state index in [4.69, 9.17) is 4.74 Å². The van der Waals surface area contributed by atoms with Gasteiger partial charge in [-0.2, -0.15) is 0 Å². The molecule has 2 aromatic rings. The van der Waals surface area contributed by atoms with Gasteiger partial charge in [-0.15, -0.1) is 0 Å². The highest BCUT2D eigenvalue weighted by Gasteiger charge is 2.62. The summed E-state index contributed by atoms with van der Waals surface area (Å²) in [6, 6.07) is 15.4. The van der Waals surface area contributed by atoms with Gasteiger partial charge in [0.2, 0.25) is 11.8 Å². The molecule has 3 aliphatic rings. The highest BCUT2D eigenvalue weighted by molar-refractivity contribution is 9.10. The highest BCUT2D eigenvalue weighted by Crippen LogP contribution is 2.56. The second-order valence-corrected chi connectivity index (χ2v) is 9.43. The van der Waals surface area contributed by atoms with E-state index in [0.29, 0.717) is 5.75 Å². The Balaban J connectivity index is 1.45. The van der Waals surface area contributed by atoms with Crippen LogP contribution in [-0.2, 0) is 20.8 Å². The molecule has 0 aromatic heterocycles. The molecular weight excluding hydrogens is 446 g/mol. The number of likely N-dealkylation sites (tertiary alicyclic amines) is 1. The first-order valence-electron chi connectivity index (χ1n) is 10.4. The number of hydrogen-bond acceptors (Lipinski definition) is 4. The van der Waals surface area contributed by atoms with E-state index in [1.54, 1.807) is 24.3 Å². The van der Waals surface area contributed by atoms with E-state index in [1.165, 1.54) is 4.90 Å². The fourth-order valence-electron chi connectivity index (χ4n) is 5.54. The lowest BCUT2D eigenvalue weighted by atomic mass is 9.81. The summed E-state index contributed by atoms with van der Waals surface area (Å²) in [6.45, 7) is 0. The molecule has 6 heteroatoms. The van der Waals surface area contributed by atoms with Crippen LogP contribution in [0.15, 0.2) is 59.1 Å². The van der Waals surface area contributed by atoms with Crippen LogP contribution in [0.4, 0.5) is 0 Å². The second-order valence-electron chi connectivity index (χ2n) is 8.51. The van der Waals surface area contributed by atoms with E-state index in [-0.39, 0.29) is 41.9 Å². The summed E-state index contributed by atoms with van der Waals surface area (Å²) in [4.78, 5) is 41.1. The molecule has 1 heterocycles. The SMILES string of the molecule is O=C(Oc1ccc(Br)cc1)C(Cc1ccccc1)N1C(=O)C2C3CCC(C3)C2C1=O. The zero-order valence-electron chi connectivity index (χ0n) is 16.4. The minimum absolute atomic E-state index is 0.189. The maximum absolute atomic E-state index is 13.3. The van der Waals surface area contributed by atoms with Crippen molar-refractivity contribution in [2.75, 3.05) is 0 Å². The van der Waals surface area contributed by atoms with Gasteiger partial charge in [-0.1, -0.05) is 46.3 Å². The second kappa shape index (κ2) is 7.65. The standard InChI is InChI=1S/C24H22BrNO4/c25-17-8-10-18(11-9-17)30-24(29)19(12-14-4-2-1-3-5-14)26-22(27)20-15-6-7-16(13-15)21(20)23(26)28/h1-5,8-11,15-16,19-21H,6-7,12-13H2. The number of carbonyl (C=O) groups is 3. The first-order valence-corrected chi connectivity index (χ1v) is 11.2. The topological polar surface area (TPSA) is 63.7 Å². The molecule has 0 spiro atoms. The van der Waals surface area contributed by atoms with Crippen LogP contribution in [0.2, 0.25) is 0 Å². The van der Waals surface area contributed by atoms with Gasteiger partial charge in [-0.3, -0.25) is 14.5 Å². The molecule has 5 atom stereocenters. The van der Waals surface area contributed by atoms with E-state index in [0.717, 1.165) is 29.3 Å². The van der Waals surface area contributed by atoms with Crippen molar-refractivity contribution in [3.8, 4) is 5.75 Å². The molecule has 154 valence electrons. The molecule has 0 radical (unpaired) electrons. The molecule has 5 nitrogen and oxygen atoms in total. The molecule has 2 saturated carbocycles. The Morgan fingerprint density at radius 1 is 0.967 bits per heavy atom. The van der Waals surface area contributed by atoms with E-state index in [9.17, 15) is 14.4 Å². The summed E-state index contributed by atoms with van der Waals surface area (Å²) in [5, 5.41) is 0. The third kappa shape index (κ3) is 3.27. The Labute approximate surface area is 183 Å². The number of nitrogens with zero attached hydrogens (tertiary/aromatic N) is 1. The molecule has 30 heavy (non-hydrogen) atoms. The quantitative estimate of drug-likeness (QED) is 0.378. The number of rotatable bonds is 5. The summed E-state index contributed by atoms with van der Waals surface area (Å²) in [5.41, 5.74) is 0.885. The molecule has 2 aromatic carbocycles. The lowest BCUT2D eigenvalue weighted by Gasteiger charge is -2.26. The number of carbonyl (C=O) groups excluding carboxylic acids is 3. The van der Waals surface area contributed by atoms with E-state index >= 15 is 0 Å². The Bertz CT molecular complexity index is 962. The molecule has 5 unspecified atom stereocenters. The summed E-state index contributed by atoms with van der Waals surface area (Å²) < 4.78 is 6.47. The summed E-state index contributed by atoms with van der Waals surface area (Å²) in [6.07, 6.45) is 3.23. The van der Waals surface area contributed by atoms with Crippen molar-refractivity contribution in [3.63, 3.8) is 0 Å². The van der Waals surface area contributed by atoms with Crippen LogP contribution >= 0.6 is 15.9 Å². The normalized spacial score (nSPS) is 28.0. The van der Waals surface area contributed by atoms with Gasteiger partial charge in [-0.25, -0.2) is 4.79 Å². The van der Waals surface area contributed by atoms with Crippen molar-refractivity contribution in [2.45, 2.75) is 31.7 Å². The maximum Gasteiger partial charge on any atom is 0.335 e. The molecule has 1 saturated heterocycles. The smallest absolute Gasteiger partial charge is 0.335 e. The van der Waals surface area contributed by atoms with Crippen molar-refractivity contribution in [1.82, 2.24) is 4.90 Å². The van der Waals surface area contributed by atoms with Gasteiger partial charge in [-0.05, 0) is 60.9 Å². The van der Waals surface area contributed by atoms with Gasteiger partial charge in [0.15, 0.2) is 0 Å². The van der Waals surface area contributed by atoms with Crippen molar-refractivity contribution in [3.05, 3.63) is 64.6 Å². The minimum atomic E-state index is -0.957. The van der Waals surface area contributed by atoms with Crippen molar-refractivity contribution in [2.24, 2.45) is 23.7 Å². The molecule has 3 fully saturated rings. The zero-order chi connectivity index (χ0) is 20.8. The monoisotopic (exact) mass is 467 g/mol. The fraction of sp³-hybridized carbons (Fsp3) is 0.375. The van der Waals surface area contributed by atoms with E-state index < -0.39 is 12.0 Å². The van der Waals surface area contributed by atoms with Gasteiger partial charge >= 0.3 is 5.97 Å². The molecule has 2 amide bonds. The van der Waals surface area contributed by atoms with Crippen LogP contribution < -0.4 is 4.74 Å². The van der Waals surface area contributed by atoms with Crippen LogP contribution in [0, 0.1) is 23.7 Å².